The number of hydrogen-bond acceptors (Lipinski definition) is 6. The normalized spacial score (nSPS) is 16.5. The molecule has 2 aromatic heterocycles. The van der Waals surface area contributed by atoms with E-state index in [1.54, 1.807) is 20.4 Å². The van der Waals surface area contributed by atoms with E-state index in [-0.39, 0.29) is 18.2 Å². The van der Waals surface area contributed by atoms with E-state index < -0.39 is 0 Å². The van der Waals surface area contributed by atoms with Crippen molar-refractivity contribution in [2.24, 2.45) is 0 Å². The van der Waals surface area contributed by atoms with Crippen molar-refractivity contribution in [3.63, 3.8) is 0 Å². The summed E-state index contributed by atoms with van der Waals surface area (Å²) in [6.45, 7) is 3.26. The topological polar surface area (TPSA) is 93.5 Å². The summed E-state index contributed by atoms with van der Waals surface area (Å²) < 4.78 is 16.1. The summed E-state index contributed by atoms with van der Waals surface area (Å²) in [6.07, 6.45) is 3.94. The number of aromatic nitrogens is 3. The molecule has 30 heavy (non-hydrogen) atoms. The second kappa shape index (κ2) is 8.61. The lowest BCUT2D eigenvalue weighted by atomic mass is 9.91. The summed E-state index contributed by atoms with van der Waals surface area (Å²) in [7, 11) is 3.22. The first kappa shape index (κ1) is 20.0. The minimum Gasteiger partial charge on any atom is -0.497 e. The summed E-state index contributed by atoms with van der Waals surface area (Å²) in [6, 6.07) is 7.41. The number of carbonyl (C=O) groups is 1. The van der Waals surface area contributed by atoms with Crippen molar-refractivity contribution >= 4 is 5.91 Å². The number of likely N-dealkylation sites (tertiary alicyclic amines) is 1. The van der Waals surface area contributed by atoms with Gasteiger partial charge in [-0.15, -0.1) is 0 Å². The van der Waals surface area contributed by atoms with Crippen molar-refractivity contribution in [2.75, 3.05) is 27.3 Å². The van der Waals surface area contributed by atoms with Crippen LogP contribution in [-0.2, 0) is 11.2 Å². The highest BCUT2D eigenvalue weighted by Gasteiger charge is 2.29. The highest BCUT2D eigenvalue weighted by Crippen LogP contribution is 2.34. The third kappa shape index (κ3) is 4.03. The van der Waals surface area contributed by atoms with Crippen LogP contribution in [0.2, 0.25) is 0 Å². The van der Waals surface area contributed by atoms with Crippen molar-refractivity contribution in [3.8, 4) is 22.8 Å². The first-order valence-electron chi connectivity index (χ1n) is 10.0. The molecule has 1 aromatic carbocycles. The standard InChI is InChI=1S/C22H26N4O4/c1-14-9-20(30-25-14)18-12-23-24-22(18)15-5-4-8-26(13-15)21(27)11-16-10-17(28-2)6-7-19(16)29-3/h6-7,9-10,12,15H,4-5,8,11,13H2,1-3H3,(H,23,24)/t15-/m1/s1. The molecule has 1 atom stereocenters. The third-order valence-electron chi connectivity index (χ3n) is 5.57. The summed E-state index contributed by atoms with van der Waals surface area (Å²) in [5, 5.41) is 11.3. The molecule has 0 unspecified atom stereocenters. The summed E-state index contributed by atoms with van der Waals surface area (Å²) in [5.41, 5.74) is 3.54. The van der Waals surface area contributed by atoms with Crippen LogP contribution in [-0.4, -0.2) is 53.5 Å². The molecule has 0 bridgehead atoms. The number of aromatic amines is 1. The lowest BCUT2D eigenvalue weighted by Crippen LogP contribution is -2.40. The highest BCUT2D eigenvalue weighted by atomic mass is 16.5. The van der Waals surface area contributed by atoms with Crippen molar-refractivity contribution in [3.05, 3.63) is 47.4 Å². The monoisotopic (exact) mass is 410 g/mol. The summed E-state index contributed by atoms with van der Waals surface area (Å²) in [4.78, 5) is 15.0. The molecule has 1 fully saturated rings. The number of carbonyl (C=O) groups excluding carboxylic acids is 1. The van der Waals surface area contributed by atoms with E-state index in [9.17, 15) is 4.79 Å². The number of aryl methyl sites for hydroxylation is 1. The van der Waals surface area contributed by atoms with E-state index >= 15 is 0 Å². The van der Waals surface area contributed by atoms with E-state index in [0.29, 0.717) is 23.8 Å². The van der Waals surface area contributed by atoms with Crippen molar-refractivity contribution in [1.82, 2.24) is 20.3 Å². The van der Waals surface area contributed by atoms with Gasteiger partial charge in [0.1, 0.15) is 11.5 Å². The molecule has 1 aliphatic heterocycles. The molecule has 3 heterocycles. The number of amides is 1. The van der Waals surface area contributed by atoms with Crippen molar-refractivity contribution in [2.45, 2.75) is 32.1 Å². The zero-order chi connectivity index (χ0) is 21.1. The Morgan fingerprint density at radius 1 is 1.30 bits per heavy atom. The number of benzene rings is 1. The maximum atomic E-state index is 13.1. The fraction of sp³-hybridized carbons (Fsp3) is 0.409. The molecule has 0 aliphatic carbocycles. The molecule has 8 nitrogen and oxygen atoms in total. The van der Waals surface area contributed by atoms with Crippen LogP contribution in [0.25, 0.3) is 11.3 Å². The largest absolute Gasteiger partial charge is 0.497 e. The maximum Gasteiger partial charge on any atom is 0.227 e. The smallest absolute Gasteiger partial charge is 0.227 e. The Morgan fingerprint density at radius 2 is 2.17 bits per heavy atom. The van der Waals surface area contributed by atoms with Gasteiger partial charge in [-0.05, 0) is 38.0 Å². The Hall–Kier alpha value is -3.29. The fourth-order valence-corrected chi connectivity index (χ4v) is 4.03. The Kier molecular flexibility index (Phi) is 5.74. The molecule has 3 aromatic rings. The summed E-state index contributed by atoms with van der Waals surface area (Å²) in [5.74, 6) is 2.33. The Balaban J connectivity index is 1.50. The third-order valence-corrected chi connectivity index (χ3v) is 5.57. The van der Waals surface area contributed by atoms with Gasteiger partial charge in [-0.2, -0.15) is 5.10 Å². The van der Waals surface area contributed by atoms with Gasteiger partial charge in [0, 0.05) is 30.6 Å². The van der Waals surface area contributed by atoms with Crippen molar-refractivity contribution in [1.29, 1.82) is 0 Å². The van der Waals surface area contributed by atoms with Gasteiger partial charge in [0.15, 0.2) is 5.76 Å². The number of ether oxygens (including phenoxy) is 2. The Bertz CT molecular complexity index is 1030. The average molecular weight is 410 g/mol. The molecule has 1 aliphatic rings. The number of methoxy groups -OCH3 is 2. The van der Waals surface area contributed by atoms with Gasteiger partial charge in [0.25, 0.3) is 0 Å². The number of hydrogen-bond donors (Lipinski definition) is 1. The summed E-state index contributed by atoms with van der Waals surface area (Å²) >= 11 is 0. The van der Waals surface area contributed by atoms with Crippen LogP contribution in [0.5, 0.6) is 11.5 Å². The molecule has 1 N–H and O–H groups in total. The Morgan fingerprint density at radius 3 is 2.90 bits per heavy atom. The molecule has 1 amide bonds. The second-order valence-electron chi connectivity index (χ2n) is 7.56. The average Bonchev–Trinajstić information content (AvgIpc) is 3.42. The SMILES string of the molecule is COc1ccc(OC)c(CC(=O)N2CCC[C@@H](c3[nH]ncc3-c3cc(C)no3)C2)c1. The quantitative estimate of drug-likeness (QED) is 0.670. The van der Waals surface area contributed by atoms with Gasteiger partial charge >= 0.3 is 0 Å². The molecule has 0 spiro atoms. The zero-order valence-corrected chi connectivity index (χ0v) is 17.5. The molecule has 0 saturated carbocycles. The minimum absolute atomic E-state index is 0.0721. The van der Waals surface area contributed by atoms with Gasteiger partial charge in [0.2, 0.25) is 5.91 Å². The van der Waals surface area contributed by atoms with Crippen molar-refractivity contribution < 1.29 is 18.8 Å². The zero-order valence-electron chi connectivity index (χ0n) is 17.5. The van der Waals surface area contributed by atoms with E-state index in [1.807, 2.05) is 36.1 Å². The lowest BCUT2D eigenvalue weighted by molar-refractivity contribution is -0.131. The van der Waals surface area contributed by atoms with Crippen LogP contribution in [0.4, 0.5) is 0 Å². The number of rotatable bonds is 6. The van der Waals surface area contributed by atoms with Crippen LogP contribution in [0.1, 0.15) is 35.7 Å². The Labute approximate surface area is 175 Å². The van der Waals surface area contributed by atoms with Crippen LogP contribution in [0, 0.1) is 6.92 Å². The van der Waals surface area contributed by atoms with Gasteiger partial charge in [-0.1, -0.05) is 5.16 Å². The van der Waals surface area contributed by atoms with Crippen LogP contribution in [0.3, 0.4) is 0 Å². The molecule has 1 saturated heterocycles. The predicted molar refractivity (Wildman–Crippen MR) is 111 cm³/mol. The van der Waals surface area contributed by atoms with Crippen LogP contribution < -0.4 is 9.47 Å². The first-order chi connectivity index (χ1) is 14.6. The molecule has 0 radical (unpaired) electrons. The molecule has 158 valence electrons. The molecule has 4 rings (SSSR count). The van der Waals surface area contributed by atoms with Crippen LogP contribution in [0.15, 0.2) is 35.0 Å². The number of nitrogens with one attached hydrogen (secondary N) is 1. The van der Waals surface area contributed by atoms with Gasteiger partial charge in [0.05, 0.1) is 43.8 Å². The first-order valence-corrected chi connectivity index (χ1v) is 10.0. The maximum absolute atomic E-state index is 13.1. The van der Waals surface area contributed by atoms with Gasteiger partial charge in [-0.25, -0.2) is 0 Å². The number of H-pyrrole nitrogens is 1. The number of piperidine rings is 1. The minimum atomic E-state index is 0.0721. The van der Waals surface area contributed by atoms with E-state index in [2.05, 4.69) is 15.4 Å². The fourth-order valence-electron chi connectivity index (χ4n) is 4.03. The van der Waals surface area contributed by atoms with E-state index in [4.69, 9.17) is 14.0 Å². The lowest BCUT2D eigenvalue weighted by Gasteiger charge is -2.33. The molecule has 8 heteroatoms. The highest BCUT2D eigenvalue weighted by molar-refractivity contribution is 5.80. The molecular weight excluding hydrogens is 384 g/mol. The molecular formula is C22H26N4O4. The number of nitrogens with zero attached hydrogens (tertiary/aromatic N) is 3. The van der Waals surface area contributed by atoms with E-state index in [0.717, 1.165) is 41.9 Å². The second-order valence-corrected chi connectivity index (χ2v) is 7.56. The van der Waals surface area contributed by atoms with Gasteiger partial charge < -0.3 is 18.9 Å². The van der Waals surface area contributed by atoms with E-state index in [1.165, 1.54) is 0 Å². The van der Waals surface area contributed by atoms with Crippen LogP contribution >= 0.6 is 0 Å². The van der Waals surface area contributed by atoms with Gasteiger partial charge in [-0.3, -0.25) is 9.89 Å². The predicted octanol–water partition coefficient (Wildman–Crippen LogP) is 3.34.